The molecule has 4 nitrogen and oxygen atoms in total. The Hall–Kier alpha value is -2.10. The maximum Gasteiger partial charge on any atom is 0.225 e. The number of benzene rings is 1. The van der Waals surface area contributed by atoms with Crippen LogP contribution in [0.1, 0.15) is 61.9 Å². The number of aromatic nitrogens is 2. The number of nitrogens with zero attached hydrogens (tertiary/aromatic N) is 3. The van der Waals surface area contributed by atoms with Gasteiger partial charge in [0.25, 0.3) is 0 Å². The van der Waals surface area contributed by atoms with Crippen LogP contribution in [0, 0.1) is 6.92 Å². The maximum absolute atomic E-state index is 4.84. The summed E-state index contributed by atoms with van der Waals surface area (Å²) in [4.78, 5) is 11.9. The van der Waals surface area contributed by atoms with Crippen molar-refractivity contribution in [3.05, 3.63) is 47.2 Å². The molecule has 1 aliphatic carbocycles. The van der Waals surface area contributed by atoms with Crippen LogP contribution in [0.4, 0.5) is 11.8 Å². The van der Waals surface area contributed by atoms with Gasteiger partial charge < -0.3 is 10.2 Å². The molecule has 0 amide bonds. The van der Waals surface area contributed by atoms with E-state index in [1.54, 1.807) is 5.56 Å². The third-order valence-electron chi connectivity index (χ3n) is 5.50. The van der Waals surface area contributed by atoms with Crippen LogP contribution in [0.2, 0.25) is 0 Å². The lowest BCUT2D eigenvalue weighted by Gasteiger charge is -2.47. The van der Waals surface area contributed by atoms with Gasteiger partial charge in [0.05, 0.1) is 6.04 Å². The first kappa shape index (κ1) is 15.4. The minimum absolute atomic E-state index is 0.387. The molecule has 2 aromatic rings. The van der Waals surface area contributed by atoms with Crippen LogP contribution in [0.15, 0.2) is 30.3 Å². The Balaban J connectivity index is 1.68. The summed E-state index contributed by atoms with van der Waals surface area (Å²) in [5, 5.41) is 3.43. The molecule has 3 aliphatic rings. The predicted molar refractivity (Wildman–Crippen MR) is 98.6 cm³/mol. The number of rotatable bonds is 4. The van der Waals surface area contributed by atoms with E-state index in [-0.39, 0.29) is 0 Å². The molecular weight excluding hydrogens is 296 g/mol. The van der Waals surface area contributed by atoms with E-state index in [1.165, 1.54) is 18.4 Å². The number of piperidine rings is 1. The summed E-state index contributed by atoms with van der Waals surface area (Å²) in [6.45, 7) is 7.48. The number of fused-ring (bicyclic) bond motifs is 2. The standard InChI is InChI=1S/C20H26N4/c1-4-13(2)21-20-22-14(3)11-19(23-20)24-12-15-9-10-18(24)17-8-6-5-7-16(15)17/h5-8,11,13,15,18H,4,9-10,12H2,1-3H3,(H,21,22,23)/t13-,15-,18+/m1/s1. The molecule has 0 saturated carbocycles. The highest BCUT2D eigenvalue weighted by molar-refractivity contribution is 5.53. The second kappa shape index (κ2) is 6.08. The van der Waals surface area contributed by atoms with Gasteiger partial charge in [-0.05, 0) is 44.2 Å². The fourth-order valence-electron chi connectivity index (χ4n) is 4.07. The second-order valence-electron chi connectivity index (χ2n) is 7.22. The van der Waals surface area contributed by atoms with Crippen molar-refractivity contribution in [2.24, 2.45) is 0 Å². The number of aryl methyl sites for hydroxylation is 1. The third-order valence-corrected chi connectivity index (χ3v) is 5.50. The highest BCUT2D eigenvalue weighted by Gasteiger charge is 2.38. The van der Waals surface area contributed by atoms with E-state index in [0.29, 0.717) is 18.0 Å². The Morgan fingerprint density at radius 2 is 2.00 bits per heavy atom. The van der Waals surface area contributed by atoms with E-state index in [2.05, 4.69) is 66.3 Å². The molecule has 0 spiro atoms. The molecule has 2 bridgehead atoms. The molecule has 1 fully saturated rings. The predicted octanol–water partition coefficient (Wildman–Crippen LogP) is 4.43. The first-order valence-corrected chi connectivity index (χ1v) is 9.13. The van der Waals surface area contributed by atoms with Crippen molar-refractivity contribution in [2.75, 3.05) is 16.8 Å². The maximum atomic E-state index is 4.84. The van der Waals surface area contributed by atoms with Crippen molar-refractivity contribution in [1.82, 2.24) is 9.97 Å². The fourth-order valence-corrected chi connectivity index (χ4v) is 4.07. The number of hydrogen-bond donors (Lipinski definition) is 1. The van der Waals surface area contributed by atoms with Crippen molar-refractivity contribution in [2.45, 2.75) is 58.0 Å². The van der Waals surface area contributed by atoms with Gasteiger partial charge in [-0.2, -0.15) is 4.98 Å². The Morgan fingerprint density at radius 1 is 1.21 bits per heavy atom. The largest absolute Gasteiger partial charge is 0.352 e. The molecule has 0 radical (unpaired) electrons. The van der Waals surface area contributed by atoms with Crippen molar-refractivity contribution in [3.8, 4) is 0 Å². The van der Waals surface area contributed by atoms with Crippen LogP contribution in [-0.4, -0.2) is 22.6 Å². The van der Waals surface area contributed by atoms with Gasteiger partial charge in [-0.3, -0.25) is 0 Å². The molecule has 3 atom stereocenters. The average molecular weight is 322 g/mol. The van der Waals surface area contributed by atoms with Gasteiger partial charge in [-0.1, -0.05) is 31.2 Å². The van der Waals surface area contributed by atoms with Gasteiger partial charge in [0, 0.05) is 30.3 Å². The topological polar surface area (TPSA) is 41.1 Å². The van der Waals surface area contributed by atoms with E-state index in [9.17, 15) is 0 Å². The summed E-state index contributed by atoms with van der Waals surface area (Å²) >= 11 is 0. The van der Waals surface area contributed by atoms with Crippen LogP contribution in [-0.2, 0) is 0 Å². The normalized spacial score (nSPS) is 23.0. The van der Waals surface area contributed by atoms with Gasteiger partial charge in [-0.15, -0.1) is 0 Å². The summed E-state index contributed by atoms with van der Waals surface area (Å²) in [6, 6.07) is 11.9. The Bertz CT molecular complexity index is 742. The molecule has 1 aromatic heterocycles. The zero-order valence-corrected chi connectivity index (χ0v) is 14.8. The molecule has 126 valence electrons. The minimum atomic E-state index is 0.387. The van der Waals surface area contributed by atoms with E-state index >= 15 is 0 Å². The average Bonchev–Trinajstić information content (AvgIpc) is 2.61. The summed E-state index contributed by atoms with van der Waals surface area (Å²) in [5.74, 6) is 2.46. The Morgan fingerprint density at radius 3 is 2.79 bits per heavy atom. The van der Waals surface area contributed by atoms with Crippen molar-refractivity contribution >= 4 is 11.8 Å². The number of anilines is 2. The van der Waals surface area contributed by atoms with Crippen molar-refractivity contribution in [3.63, 3.8) is 0 Å². The first-order chi connectivity index (χ1) is 11.7. The van der Waals surface area contributed by atoms with Crippen LogP contribution in [0.5, 0.6) is 0 Å². The molecular formula is C20H26N4. The van der Waals surface area contributed by atoms with E-state index in [4.69, 9.17) is 4.98 Å². The molecule has 1 N–H and O–H groups in total. The van der Waals surface area contributed by atoms with Crippen molar-refractivity contribution < 1.29 is 0 Å². The quantitative estimate of drug-likeness (QED) is 0.904. The lowest BCUT2D eigenvalue weighted by Crippen LogP contribution is -2.43. The molecule has 0 unspecified atom stereocenters. The molecule has 5 rings (SSSR count). The summed E-state index contributed by atoms with van der Waals surface area (Å²) in [7, 11) is 0. The summed E-state index contributed by atoms with van der Waals surface area (Å²) < 4.78 is 0. The van der Waals surface area contributed by atoms with Gasteiger partial charge in [0.1, 0.15) is 5.82 Å². The van der Waals surface area contributed by atoms with Crippen LogP contribution < -0.4 is 10.2 Å². The highest BCUT2D eigenvalue weighted by Crippen LogP contribution is 2.47. The molecule has 1 aromatic carbocycles. The lowest BCUT2D eigenvalue weighted by atomic mass is 9.75. The third kappa shape index (κ3) is 2.64. The summed E-state index contributed by atoms with van der Waals surface area (Å²) in [6.07, 6.45) is 3.58. The van der Waals surface area contributed by atoms with E-state index < -0.39 is 0 Å². The molecule has 3 heterocycles. The van der Waals surface area contributed by atoms with Gasteiger partial charge >= 0.3 is 0 Å². The first-order valence-electron chi connectivity index (χ1n) is 9.13. The Kier molecular flexibility index (Phi) is 3.91. The van der Waals surface area contributed by atoms with Gasteiger partial charge in [0.2, 0.25) is 5.95 Å². The summed E-state index contributed by atoms with van der Waals surface area (Å²) in [5.41, 5.74) is 4.07. The smallest absolute Gasteiger partial charge is 0.225 e. The van der Waals surface area contributed by atoms with E-state index in [1.807, 2.05) is 0 Å². The monoisotopic (exact) mass is 322 g/mol. The highest BCUT2D eigenvalue weighted by atomic mass is 15.3. The van der Waals surface area contributed by atoms with Crippen LogP contribution in [0.3, 0.4) is 0 Å². The number of hydrogen-bond acceptors (Lipinski definition) is 4. The van der Waals surface area contributed by atoms with Crippen molar-refractivity contribution in [1.29, 1.82) is 0 Å². The number of nitrogens with one attached hydrogen (secondary N) is 1. The second-order valence-corrected chi connectivity index (χ2v) is 7.22. The van der Waals surface area contributed by atoms with Crippen LogP contribution >= 0.6 is 0 Å². The zero-order chi connectivity index (χ0) is 16.7. The molecule has 4 heteroatoms. The minimum Gasteiger partial charge on any atom is -0.352 e. The molecule has 2 aliphatic heterocycles. The molecule has 24 heavy (non-hydrogen) atoms. The van der Waals surface area contributed by atoms with Gasteiger partial charge in [0.15, 0.2) is 0 Å². The van der Waals surface area contributed by atoms with Gasteiger partial charge in [-0.25, -0.2) is 4.98 Å². The SMILES string of the molecule is CC[C@@H](C)Nc1nc(C)cc(N2C[C@H]3CC[C@H]2c2ccccc23)n1. The van der Waals surface area contributed by atoms with E-state index in [0.717, 1.165) is 30.4 Å². The zero-order valence-electron chi connectivity index (χ0n) is 14.8. The van der Waals surface area contributed by atoms with Crippen LogP contribution in [0.25, 0.3) is 0 Å². The lowest BCUT2D eigenvalue weighted by molar-refractivity contribution is 0.387. The Labute approximate surface area is 144 Å². The molecule has 1 saturated heterocycles. The fraction of sp³-hybridized carbons (Fsp3) is 0.500.